The zero-order valence-corrected chi connectivity index (χ0v) is 21.8. The number of nitrogens with one attached hydrogen (secondary N) is 2. The Hall–Kier alpha value is -3.85. The molecule has 182 valence electrons. The maximum absolute atomic E-state index is 12.7. The van der Waals surface area contributed by atoms with E-state index in [-0.39, 0.29) is 11.8 Å². The van der Waals surface area contributed by atoms with Gasteiger partial charge in [-0.3, -0.25) is 9.59 Å². The third-order valence-corrected chi connectivity index (χ3v) is 6.43. The number of anilines is 1. The number of methoxy groups -OCH3 is 1. The van der Waals surface area contributed by atoms with E-state index in [0.29, 0.717) is 35.7 Å². The van der Waals surface area contributed by atoms with Gasteiger partial charge in [0.1, 0.15) is 18.1 Å². The molecular weight excluding hydrogens is 567 g/mol. The molecule has 0 aliphatic heterocycles. The lowest BCUT2D eigenvalue weighted by Crippen LogP contribution is -2.23. The second kappa shape index (κ2) is 12.2. The Morgan fingerprint density at radius 3 is 2.22 bits per heavy atom. The molecule has 4 rings (SSSR count). The predicted octanol–water partition coefficient (Wildman–Crippen LogP) is 6.06. The lowest BCUT2D eigenvalue weighted by molar-refractivity contribution is 0.0950. The first kappa shape index (κ1) is 25.2. The maximum Gasteiger partial charge on any atom is 0.256 e. The van der Waals surface area contributed by atoms with Crippen molar-refractivity contribution < 1.29 is 19.1 Å². The fourth-order valence-corrected chi connectivity index (χ4v) is 4.13. The number of hydrogen-bond acceptors (Lipinski definition) is 4. The van der Waals surface area contributed by atoms with E-state index in [4.69, 9.17) is 9.47 Å². The summed E-state index contributed by atoms with van der Waals surface area (Å²) in [7, 11) is 1.63. The van der Waals surface area contributed by atoms with Crippen LogP contribution in [-0.2, 0) is 13.2 Å². The van der Waals surface area contributed by atoms with Gasteiger partial charge < -0.3 is 20.1 Å². The number of para-hydroxylation sites is 1. The number of halogens is 1. The summed E-state index contributed by atoms with van der Waals surface area (Å²) in [5.41, 5.74) is 3.62. The number of amides is 2. The second-order valence-corrected chi connectivity index (χ2v) is 9.10. The summed E-state index contributed by atoms with van der Waals surface area (Å²) >= 11 is 2.13. The Labute approximate surface area is 223 Å². The average molecular weight is 592 g/mol. The van der Waals surface area contributed by atoms with E-state index in [0.717, 1.165) is 20.4 Å². The van der Waals surface area contributed by atoms with Crippen LogP contribution in [0.5, 0.6) is 11.5 Å². The van der Waals surface area contributed by atoms with Gasteiger partial charge in [0.25, 0.3) is 11.8 Å². The van der Waals surface area contributed by atoms with Gasteiger partial charge in [-0.15, -0.1) is 0 Å². The molecule has 4 aromatic carbocycles. The van der Waals surface area contributed by atoms with Gasteiger partial charge in [0.2, 0.25) is 0 Å². The predicted molar refractivity (Wildman–Crippen MR) is 148 cm³/mol. The second-order valence-electron chi connectivity index (χ2n) is 7.94. The van der Waals surface area contributed by atoms with Gasteiger partial charge in [-0.05, 0) is 82.8 Å². The molecule has 2 amide bonds. The van der Waals surface area contributed by atoms with Crippen molar-refractivity contribution in [1.82, 2.24) is 5.32 Å². The van der Waals surface area contributed by atoms with Gasteiger partial charge in [-0.2, -0.15) is 0 Å². The molecule has 6 nitrogen and oxygen atoms in total. The Kier molecular flexibility index (Phi) is 8.57. The van der Waals surface area contributed by atoms with Gasteiger partial charge in [-0.25, -0.2) is 0 Å². The van der Waals surface area contributed by atoms with Crippen LogP contribution in [0.3, 0.4) is 0 Å². The van der Waals surface area contributed by atoms with Crippen molar-refractivity contribution in [2.24, 2.45) is 0 Å². The standard InChI is InChI=1S/C29H25IN2O4/c1-35-24-16-10-20(11-17-24)19-36-27-9-5-2-6-22(27)18-31-28(33)21-12-14-23(15-13-21)32-29(34)25-7-3-4-8-26(25)30/h2-17H,18-19H2,1H3,(H,31,33)(H,32,34). The van der Waals surface area contributed by atoms with E-state index >= 15 is 0 Å². The van der Waals surface area contributed by atoms with Crippen LogP contribution >= 0.6 is 22.6 Å². The quantitative estimate of drug-likeness (QED) is 0.232. The molecule has 0 bridgehead atoms. The normalized spacial score (nSPS) is 10.4. The first-order valence-electron chi connectivity index (χ1n) is 11.3. The van der Waals surface area contributed by atoms with Crippen LogP contribution in [0.4, 0.5) is 5.69 Å². The molecule has 0 heterocycles. The van der Waals surface area contributed by atoms with Crippen molar-refractivity contribution in [2.45, 2.75) is 13.2 Å². The molecule has 0 spiro atoms. The first-order valence-corrected chi connectivity index (χ1v) is 12.4. The van der Waals surface area contributed by atoms with Crippen molar-refractivity contribution in [3.05, 3.63) is 123 Å². The SMILES string of the molecule is COc1ccc(COc2ccccc2CNC(=O)c2ccc(NC(=O)c3ccccc3I)cc2)cc1. The molecule has 4 aromatic rings. The van der Waals surface area contributed by atoms with Crippen LogP contribution in [0.2, 0.25) is 0 Å². The Morgan fingerprint density at radius 2 is 1.50 bits per heavy atom. The van der Waals surface area contributed by atoms with E-state index in [9.17, 15) is 9.59 Å². The zero-order valence-electron chi connectivity index (χ0n) is 19.7. The van der Waals surface area contributed by atoms with Crippen molar-refractivity contribution in [1.29, 1.82) is 0 Å². The van der Waals surface area contributed by atoms with Crippen LogP contribution < -0.4 is 20.1 Å². The van der Waals surface area contributed by atoms with E-state index in [1.165, 1.54) is 0 Å². The number of ether oxygens (including phenoxy) is 2. The minimum absolute atomic E-state index is 0.191. The topological polar surface area (TPSA) is 76.7 Å². The molecule has 0 saturated heterocycles. The summed E-state index contributed by atoms with van der Waals surface area (Å²) in [4.78, 5) is 25.2. The van der Waals surface area contributed by atoms with Crippen molar-refractivity contribution in [2.75, 3.05) is 12.4 Å². The minimum atomic E-state index is -0.213. The fraction of sp³-hybridized carbons (Fsp3) is 0.103. The molecule has 36 heavy (non-hydrogen) atoms. The minimum Gasteiger partial charge on any atom is -0.497 e. The van der Waals surface area contributed by atoms with Gasteiger partial charge in [-0.1, -0.05) is 42.5 Å². The third kappa shape index (κ3) is 6.63. The van der Waals surface area contributed by atoms with E-state index in [1.807, 2.05) is 66.7 Å². The third-order valence-electron chi connectivity index (χ3n) is 5.49. The molecule has 0 aromatic heterocycles. The average Bonchev–Trinajstić information content (AvgIpc) is 2.92. The Balaban J connectivity index is 1.33. The van der Waals surface area contributed by atoms with Crippen LogP contribution in [0.1, 0.15) is 31.8 Å². The molecule has 0 aliphatic rings. The number of carbonyl (C=O) groups is 2. The highest BCUT2D eigenvalue weighted by Gasteiger charge is 2.11. The number of benzene rings is 4. The summed E-state index contributed by atoms with van der Waals surface area (Å²) < 4.78 is 12.1. The maximum atomic E-state index is 12.7. The van der Waals surface area contributed by atoms with Crippen LogP contribution in [-0.4, -0.2) is 18.9 Å². The highest BCUT2D eigenvalue weighted by atomic mass is 127. The molecule has 7 heteroatoms. The number of carbonyl (C=O) groups excluding carboxylic acids is 2. The summed E-state index contributed by atoms with van der Waals surface area (Å²) in [5, 5.41) is 5.80. The van der Waals surface area contributed by atoms with Crippen LogP contribution in [0, 0.1) is 3.57 Å². The lowest BCUT2D eigenvalue weighted by Gasteiger charge is -2.13. The fourth-order valence-electron chi connectivity index (χ4n) is 3.50. The van der Waals surface area contributed by atoms with Crippen LogP contribution in [0.15, 0.2) is 97.1 Å². The van der Waals surface area contributed by atoms with Crippen molar-refractivity contribution in [3.63, 3.8) is 0 Å². The summed E-state index contributed by atoms with van der Waals surface area (Å²) in [6.45, 7) is 0.729. The van der Waals surface area contributed by atoms with Crippen LogP contribution in [0.25, 0.3) is 0 Å². The molecule has 0 fully saturated rings. The first-order chi connectivity index (χ1) is 17.5. The molecule has 0 radical (unpaired) electrons. The van der Waals surface area contributed by atoms with Gasteiger partial charge in [0.15, 0.2) is 0 Å². The highest BCUT2D eigenvalue weighted by Crippen LogP contribution is 2.21. The molecule has 0 unspecified atom stereocenters. The molecule has 0 aliphatic carbocycles. The van der Waals surface area contributed by atoms with Gasteiger partial charge >= 0.3 is 0 Å². The number of rotatable bonds is 9. The summed E-state index contributed by atoms with van der Waals surface area (Å²) in [6.07, 6.45) is 0. The highest BCUT2D eigenvalue weighted by molar-refractivity contribution is 14.1. The van der Waals surface area contributed by atoms with E-state index in [1.54, 1.807) is 37.4 Å². The Bertz CT molecular complexity index is 1340. The smallest absolute Gasteiger partial charge is 0.256 e. The van der Waals surface area contributed by atoms with Gasteiger partial charge in [0, 0.05) is 26.9 Å². The van der Waals surface area contributed by atoms with Gasteiger partial charge in [0.05, 0.1) is 12.7 Å². The largest absolute Gasteiger partial charge is 0.497 e. The number of hydrogen-bond donors (Lipinski definition) is 2. The summed E-state index contributed by atoms with van der Waals surface area (Å²) in [5.74, 6) is 1.10. The van der Waals surface area contributed by atoms with Crippen molar-refractivity contribution >= 4 is 40.1 Å². The monoisotopic (exact) mass is 592 g/mol. The van der Waals surface area contributed by atoms with E-state index < -0.39 is 0 Å². The zero-order chi connectivity index (χ0) is 25.3. The molecule has 0 saturated carbocycles. The summed E-state index contributed by atoms with van der Waals surface area (Å²) in [6, 6.07) is 29.5. The Morgan fingerprint density at radius 1 is 0.806 bits per heavy atom. The molecular formula is C29H25IN2O4. The van der Waals surface area contributed by atoms with E-state index in [2.05, 4.69) is 33.2 Å². The lowest BCUT2D eigenvalue weighted by atomic mass is 10.1. The molecule has 0 atom stereocenters. The van der Waals surface area contributed by atoms with Crippen molar-refractivity contribution in [3.8, 4) is 11.5 Å². The molecule has 2 N–H and O–H groups in total.